The number of guanidine groups is 1. The number of rotatable bonds is 8. The SMILES string of the molecule is CCNC(=NCc1ccccc1CC)NCCCn1cc(C)cn1. The molecule has 0 bridgehead atoms. The van der Waals surface area contributed by atoms with E-state index >= 15 is 0 Å². The lowest BCUT2D eigenvalue weighted by Gasteiger charge is -2.12. The molecule has 5 heteroatoms. The largest absolute Gasteiger partial charge is 0.357 e. The van der Waals surface area contributed by atoms with Crippen molar-refractivity contribution in [2.45, 2.75) is 46.7 Å². The minimum atomic E-state index is 0.706. The molecule has 0 saturated heterocycles. The highest BCUT2D eigenvalue weighted by Crippen LogP contribution is 2.10. The van der Waals surface area contributed by atoms with Gasteiger partial charge in [-0.2, -0.15) is 5.10 Å². The first-order chi connectivity index (χ1) is 11.7. The molecule has 1 aromatic heterocycles. The third-order valence-electron chi connectivity index (χ3n) is 3.87. The molecule has 0 radical (unpaired) electrons. The molecule has 0 aliphatic carbocycles. The monoisotopic (exact) mass is 327 g/mol. The van der Waals surface area contributed by atoms with Crippen molar-refractivity contribution in [2.75, 3.05) is 13.1 Å². The summed E-state index contributed by atoms with van der Waals surface area (Å²) in [5.74, 6) is 0.875. The summed E-state index contributed by atoms with van der Waals surface area (Å²) in [6.07, 6.45) is 6.02. The van der Waals surface area contributed by atoms with E-state index in [1.807, 2.05) is 10.9 Å². The van der Waals surface area contributed by atoms with Gasteiger partial charge in [0.25, 0.3) is 0 Å². The Hall–Kier alpha value is -2.30. The molecule has 0 aliphatic heterocycles. The van der Waals surface area contributed by atoms with Crippen LogP contribution in [0.1, 0.15) is 37.0 Å². The normalized spacial score (nSPS) is 11.5. The number of hydrogen-bond acceptors (Lipinski definition) is 2. The number of aryl methyl sites for hydroxylation is 3. The number of nitrogens with one attached hydrogen (secondary N) is 2. The van der Waals surface area contributed by atoms with Gasteiger partial charge in [-0.15, -0.1) is 0 Å². The van der Waals surface area contributed by atoms with Crippen LogP contribution >= 0.6 is 0 Å². The standard InChI is InChI=1S/C19H29N5/c1-4-17-9-6-7-10-18(17)14-22-19(20-5-2)21-11-8-12-24-15-16(3)13-23-24/h6-7,9-10,13,15H,4-5,8,11-12,14H2,1-3H3,(H2,20,21,22). The zero-order chi connectivity index (χ0) is 17.2. The highest BCUT2D eigenvalue weighted by Gasteiger charge is 2.01. The van der Waals surface area contributed by atoms with Crippen LogP contribution in [-0.4, -0.2) is 28.8 Å². The molecule has 2 N–H and O–H groups in total. The third kappa shape index (κ3) is 5.72. The Labute approximate surface area is 145 Å². The number of benzene rings is 1. The van der Waals surface area contributed by atoms with Crippen molar-refractivity contribution in [3.63, 3.8) is 0 Å². The molecule has 2 aromatic rings. The molecule has 0 saturated carbocycles. The molecule has 130 valence electrons. The maximum absolute atomic E-state index is 4.71. The van der Waals surface area contributed by atoms with Crippen LogP contribution in [0, 0.1) is 6.92 Å². The molecule has 2 rings (SSSR count). The molecular formula is C19H29N5. The maximum atomic E-state index is 4.71. The highest BCUT2D eigenvalue weighted by atomic mass is 15.3. The lowest BCUT2D eigenvalue weighted by atomic mass is 10.1. The second kappa shape index (κ2) is 9.75. The van der Waals surface area contributed by atoms with E-state index in [1.54, 1.807) is 0 Å². The Morgan fingerprint density at radius 1 is 1.17 bits per heavy atom. The van der Waals surface area contributed by atoms with Gasteiger partial charge >= 0.3 is 0 Å². The lowest BCUT2D eigenvalue weighted by Crippen LogP contribution is -2.38. The first-order valence-electron chi connectivity index (χ1n) is 8.81. The molecule has 0 spiro atoms. The van der Waals surface area contributed by atoms with Crippen LogP contribution in [0.5, 0.6) is 0 Å². The smallest absolute Gasteiger partial charge is 0.191 e. The van der Waals surface area contributed by atoms with Gasteiger partial charge in [-0.25, -0.2) is 4.99 Å². The van der Waals surface area contributed by atoms with Gasteiger partial charge in [0.2, 0.25) is 0 Å². The number of aliphatic imine (C=N–C) groups is 1. The van der Waals surface area contributed by atoms with Gasteiger partial charge in [0.1, 0.15) is 0 Å². The fraction of sp³-hybridized carbons (Fsp3) is 0.474. The van der Waals surface area contributed by atoms with Gasteiger partial charge in [0, 0.05) is 25.8 Å². The van der Waals surface area contributed by atoms with Crippen LogP contribution in [0.2, 0.25) is 0 Å². The summed E-state index contributed by atoms with van der Waals surface area (Å²) in [7, 11) is 0. The summed E-state index contributed by atoms with van der Waals surface area (Å²) in [5.41, 5.74) is 3.86. The maximum Gasteiger partial charge on any atom is 0.191 e. The van der Waals surface area contributed by atoms with Crippen molar-refractivity contribution in [3.05, 3.63) is 53.3 Å². The molecule has 24 heavy (non-hydrogen) atoms. The predicted molar refractivity (Wildman–Crippen MR) is 100 cm³/mol. The van der Waals surface area contributed by atoms with Gasteiger partial charge in [-0.1, -0.05) is 31.2 Å². The van der Waals surface area contributed by atoms with Crippen LogP contribution in [0.25, 0.3) is 0 Å². The fourth-order valence-electron chi connectivity index (χ4n) is 2.60. The first-order valence-corrected chi connectivity index (χ1v) is 8.81. The zero-order valence-corrected chi connectivity index (χ0v) is 15.0. The highest BCUT2D eigenvalue weighted by molar-refractivity contribution is 5.79. The summed E-state index contributed by atoms with van der Waals surface area (Å²) in [6.45, 7) is 9.69. The van der Waals surface area contributed by atoms with E-state index in [2.05, 4.69) is 67.0 Å². The molecule has 0 fully saturated rings. The van der Waals surface area contributed by atoms with Crippen LogP contribution in [0.3, 0.4) is 0 Å². The minimum absolute atomic E-state index is 0.706. The average molecular weight is 327 g/mol. The Morgan fingerprint density at radius 3 is 2.62 bits per heavy atom. The molecule has 1 heterocycles. The van der Waals surface area contributed by atoms with Crippen molar-refractivity contribution in [1.29, 1.82) is 0 Å². The summed E-state index contributed by atoms with van der Waals surface area (Å²) < 4.78 is 1.98. The van der Waals surface area contributed by atoms with E-state index in [-0.39, 0.29) is 0 Å². The Kier molecular flexibility index (Phi) is 7.33. The molecule has 0 amide bonds. The van der Waals surface area contributed by atoms with Crippen LogP contribution in [0.4, 0.5) is 0 Å². The molecular weight excluding hydrogens is 298 g/mol. The van der Waals surface area contributed by atoms with E-state index in [0.29, 0.717) is 6.54 Å². The summed E-state index contributed by atoms with van der Waals surface area (Å²) in [5, 5.41) is 11.0. The van der Waals surface area contributed by atoms with Crippen molar-refractivity contribution >= 4 is 5.96 Å². The second-order valence-corrected chi connectivity index (χ2v) is 5.88. The Bertz CT molecular complexity index is 645. The van der Waals surface area contributed by atoms with Crippen molar-refractivity contribution < 1.29 is 0 Å². The van der Waals surface area contributed by atoms with Gasteiger partial charge in [-0.05, 0) is 43.4 Å². The Morgan fingerprint density at radius 2 is 1.96 bits per heavy atom. The Balaban J connectivity index is 1.84. The average Bonchev–Trinajstić information content (AvgIpc) is 3.02. The van der Waals surface area contributed by atoms with Gasteiger partial charge in [0.15, 0.2) is 5.96 Å². The molecule has 0 unspecified atom stereocenters. The van der Waals surface area contributed by atoms with E-state index in [1.165, 1.54) is 16.7 Å². The lowest BCUT2D eigenvalue weighted by molar-refractivity contribution is 0.570. The first kappa shape index (κ1) is 18.0. The van der Waals surface area contributed by atoms with Crippen LogP contribution in [-0.2, 0) is 19.5 Å². The quantitative estimate of drug-likeness (QED) is 0.445. The second-order valence-electron chi connectivity index (χ2n) is 5.88. The van der Waals surface area contributed by atoms with E-state index in [0.717, 1.165) is 38.4 Å². The topological polar surface area (TPSA) is 54.2 Å². The van der Waals surface area contributed by atoms with Crippen LogP contribution < -0.4 is 10.6 Å². The van der Waals surface area contributed by atoms with Crippen LogP contribution in [0.15, 0.2) is 41.7 Å². The van der Waals surface area contributed by atoms with Gasteiger partial charge in [0.05, 0.1) is 12.7 Å². The summed E-state index contributed by atoms with van der Waals surface area (Å²) >= 11 is 0. The minimum Gasteiger partial charge on any atom is -0.357 e. The van der Waals surface area contributed by atoms with E-state index in [9.17, 15) is 0 Å². The summed E-state index contributed by atoms with van der Waals surface area (Å²) in [6, 6.07) is 8.51. The molecule has 5 nitrogen and oxygen atoms in total. The van der Waals surface area contributed by atoms with E-state index in [4.69, 9.17) is 4.99 Å². The van der Waals surface area contributed by atoms with Crippen molar-refractivity contribution in [3.8, 4) is 0 Å². The van der Waals surface area contributed by atoms with Crippen molar-refractivity contribution in [1.82, 2.24) is 20.4 Å². The zero-order valence-electron chi connectivity index (χ0n) is 15.0. The number of nitrogens with zero attached hydrogens (tertiary/aromatic N) is 3. The molecule has 0 atom stereocenters. The summed E-state index contributed by atoms with van der Waals surface area (Å²) in [4.78, 5) is 4.71. The molecule has 1 aromatic carbocycles. The van der Waals surface area contributed by atoms with Gasteiger partial charge < -0.3 is 10.6 Å². The third-order valence-corrected chi connectivity index (χ3v) is 3.87. The van der Waals surface area contributed by atoms with E-state index < -0.39 is 0 Å². The van der Waals surface area contributed by atoms with Crippen molar-refractivity contribution in [2.24, 2.45) is 4.99 Å². The number of aromatic nitrogens is 2. The fourth-order valence-corrected chi connectivity index (χ4v) is 2.60. The van der Waals surface area contributed by atoms with Gasteiger partial charge in [-0.3, -0.25) is 4.68 Å². The molecule has 0 aliphatic rings. The number of hydrogen-bond donors (Lipinski definition) is 2. The predicted octanol–water partition coefficient (Wildman–Crippen LogP) is 2.90.